The van der Waals surface area contributed by atoms with Gasteiger partial charge in [0, 0.05) is 41.3 Å². The number of aromatic nitrogens is 2. The van der Waals surface area contributed by atoms with E-state index in [-0.39, 0.29) is 0 Å². The van der Waals surface area contributed by atoms with Crippen molar-refractivity contribution >= 4 is 29.6 Å². The second-order valence-electron chi connectivity index (χ2n) is 8.01. The van der Waals surface area contributed by atoms with E-state index in [9.17, 15) is 9.18 Å². The highest BCUT2D eigenvalue weighted by Crippen LogP contribution is 2.35. The van der Waals surface area contributed by atoms with Crippen molar-refractivity contribution in [3.8, 4) is 11.3 Å². The lowest BCUT2D eigenvalue weighted by atomic mass is 9.96. The van der Waals surface area contributed by atoms with Gasteiger partial charge in [-0.1, -0.05) is 0 Å². The summed E-state index contributed by atoms with van der Waals surface area (Å²) in [5.74, 6) is 0.0392. The van der Waals surface area contributed by atoms with E-state index in [0.29, 0.717) is 17.2 Å². The summed E-state index contributed by atoms with van der Waals surface area (Å²) in [5.41, 5.74) is 5.56. The number of nitrogens with one attached hydrogen (secondary N) is 2. The number of rotatable bonds is 5. The van der Waals surface area contributed by atoms with Crippen LogP contribution in [0, 0.1) is 12.9 Å². The van der Waals surface area contributed by atoms with E-state index < -0.39 is 12.0 Å². The normalized spacial score (nSPS) is 17.3. The van der Waals surface area contributed by atoms with Crippen molar-refractivity contribution in [3.05, 3.63) is 71.4 Å². The van der Waals surface area contributed by atoms with Crippen LogP contribution in [0.2, 0.25) is 0 Å². The van der Waals surface area contributed by atoms with Crippen LogP contribution in [0.5, 0.6) is 0 Å². The van der Waals surface area contributed by atoms with Gasteiger partial charge in [0.1, 0.15) is 18.1 Å². The highest BCUT2D eigenvalue weighted by molar-refractivity contribution is 5.80. The van der Waals surface area contributed by atoms with Crippen LogP contribution in [-0.2, 0) is 9.53 Å². The van der Waals surface area contributed by atoms with Crippen molar-refractivity contribution in [2.75, 3.05) is 36.5 Å². The second-order valence-corrected chi connectivity index (χ2v) is 8.01. The number of morpholine rings is 1. The molecule has 4 heterocycles. The van der Waals surface area contributed by atoms with Crippen LogP contribution in [0.4, 0.5) is 21.6 Å². The molecule has 7 nitrogen and oxygen atoms in total. The van der Waals surface area contributed by atoms with Gasteiger partial charge < -0.3 is 25.1 Å². The molecule has 1 atom stereocenters. The minimum Gasteiger partial charge on any atom is -0.378 e. The Balaban J connectivity index is 1.52. The van der Waals surface area contributed by atoms with Crippen LogP contribution in [0.25, 0.3) is 17.3 Å². The highest BCUT2D eigenvalue weighted by Gasteiger charge is 2.23. The number of benzene rings is 1. The third-order valence-corrected chi connectivity index (χ3v) is 5.91. The Morgan fingerprint density at radius 3 is 2.67 bits per heavy atom. The zero-order valence-electron chi connectivity index (χ0n) is 18.2. The minimum absolute atomic E-state index is 0.519. The molecule has 1 unspecified atom stereocenters. The Morgan fingerprint density at radius 2 is 1.94 bits per heavy atom. The molecule has 33 heavy (non-hydrogen) atoms. The summed E-state index contributed by atoms with van der Waals surface area (Å²) in [6.45, 7) is 4.95. The van der Waals surface area contributed by atoms with Gasteiger partial charge in [-0.25, -0.2) is 9.97 Å². The van der Waals surface area contributed by atoms with Crippen molar-refractivity contribution in [2.24, 2.45) is 0 Å². The molecule has 1 saturated heterocycles. The quantitative estimate of drug-likeness (QED) is 0.454. The zero-order valence-corrected chi connectivity index (χ0v) is 18.2. The number of aryl methyl sites for hydroxylation is 1. The van der Waals surface area contributed by atoms with Crippen LogP contribution in [-0.4, -0.2) is 42.6 Å². The summed E-state index contributed by atoms with van der Waals surface area (Å²) in [5, 5.41) is 6.46. The Bertz CT molecular complexity index is 1210. The van der Waals surface area contributed by atoms with Crippen molar-refractivity contribution in [1.29, 1.82) is 0 Å². The van der Waals surface area contributed by atoms with Crippen molar-refractivity contribution in [2.45, 2.75) is 13.0 Å². The summed E-state index contributed by atoms with van der Waals surface area (Å²) >= 11 is 0. The fourth-order valence-corrected chi connectivity index (χ4v) is 4.22. The van der Waals surface area contributed by atoms with Gasteiger partial charge >= 0.3 is 0 Å². The van der Waals surface area contributed by atoms with E-state index in [4.69, 9.17) is 9.72 Å². The number of anilines is 3. The van der Waals surface area contributed by atoms with Crippen LogP contribution in [0.3, 0.4) is 0 Å². The van der Waals surface area contributed by atoms with Crippen LogP contribution >= 0.6 is 0 Å². The Hall–Kier alpha value is -3.78. The van der Waals surface area contributed by atoms with Gasteiger partial charge in [-0.15, -0.1) is 0 Å². The van der Waals surface area contributed by atoms with Gasteiger partial charge in [0.25, 0.3) is 0 Å². The molecule has 2 N–H and O–H groups in total. The fourth-order valence-electron chi connectivity index (χ4n) is 4.22. The van der Waals surface area contributed by atoms with E-state index in [1.165, 1.54) is 6.07 Å². The van der Waals surface area contributed by atoms with Crippen molar-refractivity contribution in [3.63, 3.8) is 0 Å². The molecule has 1 fully saturated rings. The third kappa shape index (κ3) is 4.29. The number of carbonyl (C=O) groups is 1. The molecular weight excluding hydrogens is 421 g/mol. The van der Waals surface area contributed by atoms with E-state index in [1.807, 2.05) is 24.3 Å². The summed E-state index contributed by atoms with van der Waals surface area (Å²) < 4.78 is 19.0. The molecule has 1 aromatic carbocycles. The third-order valence-electron chi connectivity index (χ3n) is 5.91. The lowest BCUT2D eigenvalue weighted by molar-refractivity contribution is -0.109. The van der Waals surface area contributed by atoms with Gasteiger partial charge in [0.05, 0.1) is 18.9 Å². The maximum Gasteiger partial charge on any atom is 0.213 e. The molecule has 0 bridgehead atoms. The first-order chi connectivity index (χ1) is 16.1. The topological polar surface area (TPSA) is 79.4 Å². The maximum atomic E-state index is 13.6. The molecule has 0 aliphatic carbocycles. The first-order valence-corrected chi connectivity index (χ1v) is 10.9. The molecule has 0 saturated carbocycles. The molecule has 0 radical (unpaired) electrons. The van der Waals surface area contributed by atoms with Gasteiger partial charge in [-0.05, 0) is 67.2 Å². The first-order valence-electron chi connectivity index (χ1n) is 10.9. The number of pyridine rings is 2. The van der Waals surface area contributed by atoms with Crippen LogP contribution in [0.1, 0.15) is 22.9 Å². The van der Waals surface area contributed by atoms with Gasteiger partial charge in [0.15, 0.2) is 0 Å². The van der Waals surface area contributed by atoms with Crippen molar-refractivity contribution in [1.82, 2.24) is 15.3 Å². The largest absolute Gasteiger partial charge is 0.378 e. The highest BCUT2D eigenvalue weighted by atomic mass is 19.1. The SMILES string of the molecule is Cc1nc(F)ccc1-c1cc2c(c(Nc3ccc(N4CCOCC4)cc3)n1)C(C=O)NC=C2. The van der Waals surface area contributed by atoms with E-state index in [2.05, 4.69) is 32.7 Å². The van der Waals surface area contributed by atoms with E-state index in [1.54, 1.807) is 19.2 Å². The number of aldehydes is 1. The fraction of sp³-hybridized carbons (Fsp3) is 0.240. The maximum absolute atomic E-state index is 13.6. The Labute approximate surface area is 191 Å². The predicted octanol–water partition coefficient (Wildman–Crippen LogP) is 3.99. The minimum atomic E-state index is -0.530. The van der Waals surface area contributed by atoms with Crippen molar-refractivity contribution < 1.29 is 13.9 Å². The number of nitrogens with zero attached hydrogens (tertiary/aromatic N) is 3. The summed E-state index contributed by atoms with van der Waals surface area (Å²) in [7, 11) is 0. The van der Waals surface area contributed by atoms with Crippen LogP contribution < -0.4 is 15.5 Å². The van der Waals surface area contributed by atoms with Gasteiger partial charge in [-0.3, -0.25) is 0 Å². The molecule has 2 aromatic heterocycles. The Morgan fingerprint density at radius 1 is 1.15 bits per heavy atom. The number of hydrogen-bond acceptors (Lipinski definition) is 7. The number of hydrogen-bond donors (Lipinski definition) is 2. The molecule has 8 heteroatoms. The summed E-state index contributed by atoms with van der Waals surface area (Å²) in [4.78, 5) is 22.8. The van der Waals surface area contributed by atoms with Gasteiger partial charge in [0.2, 0.25) is 5.95 Å². The average molecular weight is 445 g/mol. The van der Waals surface area contributed by atoms with E-state index in [0.717, 1.165) is 60.7 Å². The molecule has 0 spiro atoms. The monoisotopic (exact) mass is 445 g/mol. The molecule has 3 aromatic rings. The number of ether oxygens (including phenoxy) is 1. The molecule has 2 aliphatic heterocycles. The molecular formula is C25H24FN5O2. The number of carbonyl (C=O) groups excluding carboxylic acids is 1. The summed E-state index contributed by atoms with van der Waals surface area (Å²) in [6.07, 6.45) is 4.52. The zero-order chi connectivity index (χ0) is 22.8. The molecule has 2 aliphatic rings. The lowest BCUT2D eigenvalue weighted by Crippen LogP contribution is -2.36. The predicted molar refractivity (Wildman–Crippen MR) is 126 cm³/mol. The molecule has 168 valence electrons. The second kappa shape index (κ2) is 8.99. The summed E-state index contributed by atoms with van der Waals surface area (Å²) in [6, 6.07) is 12.5. The Kier molecular flexibility index (Phi) is 5.75. The smallest absolute Gasteiger partial charge is 0.213 e. The lowest BCUT2D eigenvalue weighted by Gasteiger charge is -2.29. The molecule has 0 amide bonds. The van der Waals surface area contributed by atoms with E-state index >= 15 is 0 Å². The average Bonchev–Trinajstić information content (AvgIpc) is 2.84. The first kappa shape index (κ1) is 21.1. The molecule has 5 rings (SSSR count). The number of halogens is 1. The number of fused-ring (bicyclic) bond motifs is 1. The standard InChI is InChI=1S/C25H24FN5O2/c1-16-20(6-7-23(26)28-16)21-14-17-8-9-27-22(15-32)24(17)25(30-21)29-18-2-4-19(5-3-18)31-10-12-33-13-11-31/h2-9,14-15,22,27H,10-13H2,1H3,(H,29,30). The van der Waals surface area contributed by atoms with Gasteiger partial charge in [-0.2, -0.15) is 4.39 Å². The van der Waals surface area contributed by atoms with Crippen LogP contribution in [0.15, 0.2) is 48.7 Å².